The lowest BCUT2D eigenvalue weighted by Crippen LogP contribution is -2.55. The number of hydrogen-bond acceptors (Lipinski definition) is 8. The van der Waals surface area contributed by atoms with Gasteiger partial charge < -0.3 is 16.2 Å². The summed E-state index contributed by atoms with van der Waals surface area (Å²) in [6.45, 7) is 2.01. The molecular formula is C20H22F3N9O. The number of rotatable bonds is 2. The Labute approximate surface area is 186 Å². The van der Waals surface area contributed by atoms with E-state index < -0.39 is 11.7 Å². The molecule has 0 aromatic carbocycles. The van der Waals surface area contributed by atoms with Crippen molar-refractivity contribution in [3.05, 3.63) is 36.5 Å². The topological polar surface area (TPSA) is 125 Å². The van der Waals surface area contributed by atoms with Crippen LogP contribution in [0, 0.1) is 5.82 Å². The zero-order valence-electron chi connectivity index (χ0n) is 17.5. The van der Waals surface area contributed by atoms with E-state index in [0.29, 0.717) is 36.5 Å². The average Bonchev–Trinajstić information content (AvgIpc) is 3.29. The third-order valence-corrected chi connectivity index (χ3v) is 5.70. The second kappa shape index (κ2) is 8.15. The van der Waals surface area contributed by atoms with Crippen LogP contribution in [0.15, 0.2) is 30.7 Å². The molecule has 2 saturated heterocycles. The number of anilines is 2. The fourth-order valence-electron chi connectivity index (χ4n) is 4.03. The van der Waals surface area contributed by atoms with Crippen LogP contribution >= 0.6 is 0 Å². The van der Waals surface area contributed by atoms with Gasteiger partial charge in [0.15, 0.2) is 17.3 Å². The molecule has 0 saturated carbocycles. The molecule has 6 heterocycles. The van der Waals surface area contributed by atoms with E-state index in [2.05, 4.69) is 20.2 Å². The van der Waals surface area contributed by atoms with Crippen LogP contribution in [0.25, 0.3) is 22.4 Å². The minimum absolute atomic E-state index is 0.0282. The zero-order valence-corrected chi connectivity index (χ0v) is 17.5. The minimum Gasteiger partial charge on any atom is -0.382 e. The lowest BCUT2D eigenvalue weighted by molar-refractivity contribution is -0.126. The van der Waals surface area contributed by atoms with Gasteiger partial charge in [-0.05, 0) is 25.1 Å². The number of imidazole rings is 1. The van der Waals surface area contributed by atoms with Gasteiger partial charge in [-0.25, -0.2) is 27.2 Å². The van der Waals surface area contributed by atoms with Gasteiger partial charge in [0, 0.05) is 18.8 Å². The average molecular weight is 461 g/mol. The van der Waals surface area contributed by atoms with Crippen LogP contribution in [0.3, 0.4) is 0 Å². The Balaban J connectivity index is 0.000000162. The van der Waals surface area contributed by atoms with Crippen molar-refractivity contribution in [2.75, 3.05) is 37.8 Å². The third-order valence-electron chi connectivity index (χ3n) is 5.70. The molecular weight excluding hydrogens is 439 g/mol. The van der Waals surface area contributed by atoms with Gasteiger partial charge in [-0.1, -0.05) is 0 Å². The van der Waals surface area contributed by atoms with Crippen molar-refractivity contribution >= 4 is 22.9 Å². The number of fused-ring (bicyclic) bond motifs is 2. The quantitative estimate of drug-likeness (QED) is 0.464. The van der Waals surface area contributed by atoms with Crippen LogP contribution in [0.4, 0.5) is 24.9 Å². The second-order valence-corrected chi connectivity index (χ2v) is 8.07. The molecule has 0 radical (unpaired) electrons. The van der Waals surface area contributed by atoms with E-state index in [-0.39, 0.29) is 36.3 Å². The molecule has 13 heteroatoms. The lowest BCUT2D eigenvalue weighted by Gasteiger charge is -2.41. The molecule has 4 N–H and O–H groups in total. The van der Waals surface area contributed by atoms with Gasteiger partial charge in [-0.15, -0.1) is 5.10 Å². The Hall–Kier alpha value is -3.45. The molecule has 10 nitrogen and oxygen atoms in total. The van der Waals surface area contributed by atoms with Crippen molar-refractivity contribution in [3.8, 4) is 11.3 Å². The molecule has 4 aromatic heterocycles. The first-order valence-corrected chi connectivity index (χ1v) is 10.4. The molecule has 0 atom stereocenters. The molecule has 6 rings (SSSR count). The van der Waals surface area contributed by atoms with Gasteiger partial charge in [-0.3, -0.25) is 4.90 Å². The van der Waals surface area contributed by atoms with Gasteiger partial charge in [-0.2, -0.15) is 10.1 Å². The van der Waals surface area contributed by atoms with E-state index in [1.165, 1.54) is 10.7 Å². The fraction of sp³-hybridized carbons (Fsp3) is 0.400. The largest absolute Gasteiger partial charge is 0.382 e. The summed E-state index contributed by atoms with van der Waals surface area (Å²) in [5.74, 6) is -2.91. The molecule has 0 unspecified atom stereocenters. The van der Waals surface area contributed by atoms with Crippen LogP contribution in [-0.2, 0) is 4.74 Å². The Bertz CT molecular complexity index is 1300. The van der Waals surface area contributed by atoms with E-state index in [1.54, 1.807) is 29.0 Å². The summed E-state index contributed by atoms with van der Waals surface area (Å²) in [7, 11) is 0. The summed E-state index contributed by atoms with van der Waals surface area (Å²) in [5.41, 5.74) is 13.0. The zero-order chi connectivity index (χ0) is 23.2. The van der Waals surface area contributed by atoms with Crippen LogP contribution in [-0.4, -0.2) is 72.4 Å². The smallest absolute Gasteiger partial charge is 0.260 e. The number of alkyl halides is 2. The first-order chi connectivity index (χ1) is 15.8. The molecule has 2 aliphatic rings. The normalized spacial score (nSPS) is 18.8. The lowest BCUT2D eigenvalue weighted by atomic mass is 10.0. The highest BCUT2D eigenvalue weighted by Gasteiger charge is 2.39. The maximum atomic E-state index is 14.3. The predicted octanol–water partition coefficient (Wildman–Crippen LogP) is 1.86. The standard InChI is InChI=1S/C12H9FN8.C8H13F2NO/c13-6-5-21-10(11(14)17-12(15)19-21)9(6)7-1-2-8-16-3-4-20(8)18-7;9-8(10)2-1-3-11(6-8)7-4-12-5-7/h1-5H,(H4,14,15,17,19);7H,1-6H2. The molecule has 4 aromatic rings. The van der Waals surface area contributed by atoms with E-state index in [4.69, 9.17) is 16.2 Å². The highest BCUT2D eigenvalue weighted by Crippen LogP contribution is 2.31. The Morgan fingerprint density at radius 2 is 1.94 bits per heavy atom. The van der Waals surface area contributed by atoms with Crippen LogP contribution in [0.5, 0.6) is 0 Å². The maximum absolute atomic E-state index is 14.3. The van der Waals surface area contributed by atoms with Gasteiger partial charge in [0.25, 0.3) is 5.92 Å². The highest BCUT2D eigenvalue weighted by atomic mass is 19.3. The number of halogens is 3. The fourth-order valence-corrected chi connectivity index (χ4v) is 4.03. The minimum atomic E-state index is -2.46. The summed E-state index contributed by atoms with van der Waals surface area (Å²) in [6.07, 6.45) is 5.14. The molecule has 174 valence electrons. The van der Waals surface area contributed by atoms with E-state index >= 15 is 0 Å². The first kappa shape index (κ1) is 21.4. The summed E-state index contributed by atoms with van der Waals surface area (Å²) < 4.78 is 47.8. The molecule has 0 spiro atoms. The van der Waals surface area contributed by atoms with Crippen LogP contribution in [0.2, 0.25) is 0 Å². The highest BCUT2D eigenvalue weighted by molar-refractivity contribution is 5.87. The molecule has 2 fully saturated rings. The summed E-state index contributed by atoms with van der Waals surface area (Å²) in [5, 5.41) is 8.22. The van der Waals surface area contributed by atoms with Gasteiger partial charge in [0.1, 0.15) is 5.52 Å². The van der Waals surface area contributed by atoms with Crippen LogP contribution in [0.1, 0.15) is 12.8 Å². The van der Waals surface area contributed by atoms with Crippen LogP contribution < -0.4 is 11.5 Å². The molecule has 2 aliphatic heterocycles. The number of ether oxygens (including phenoxy) is 1. The molecule has 0 bridgehead atoms. The first-order valence-electron chi connectivity index (χ1n) is 10.4. The third kappa shape index (κ3) is 4.16. The van der Waals surface area contributed by atoms with Gasteiger partial charge in [0.05, 0.1) is 43.3 Å². The SMILES string of the molecule is FC1(F)CCCN(C2COC2)C1.Nc1nc(N)c2c(-c3ccc4nccn4n3)c(F)cn2n1. The Morgan fingerprint density at radius 1 is 1.12 bits per heavy atom. The summed E-state index contributed by atoms with van der Waals surface area (Å²) in [6, 6.07) is 3.66. The number of aromatic nitrogens is 6. The summed E-state index contributed by atoms with van der Waals surface area (Å²) in [4.78, 5) is 9.81. The van der Waals surface area contributed by atoms with Crippen molar-refractivity contribution in [2.45, 2.75) is 24.8 Å². The van der Waals surface area contributed by atoms with Crippen molar-refractivity contribution in [1.82, 2.24) is 34.1 Å². The monoisotopic (exact) mass is 461 g/mol. The van der Waals surface area contributed by atoms with Crippen molar-refractivity contribution in [3.63, 3.8) is 0 Å². The number of nitrogens with zero attached hydrogens (tertiary/aromatic N) is 7. The Morgan fingerprint density at radius 3 is 2.67 bits per heavy atom. The number of nitrogen functional groups attached to an aromatic ring is 2. The number of nitrogens with two attached hydrogens (primary N) is 2. The van der Waals surface area contributed by atoms with E-state index in [0.717, 1.165) is 6.54 Å². The Kier molecular flexibility index (Phi) is 5.29. The summed E-state index contributed by atoms with van der Waals surface area (Å²) >= 11 is 0. The number of hydrogen-bond donors (Lipinski definition) is 2. The second-order valence-electron chi connectivity index (χ2n) is 8.07. The molecule has 0 amide bonds. The van der Waals surface area contributed by atoms with Crippen molar-refractivity contribution in [2.24, 2.45) is 0 Å². The van der Waals surface area contributed by atoms with Crippen molar-refractivity contribution < 1.29 is 17.9 Å². The van der Waals surface area contributed by atoms with Gasteiger partial charge >= 0.3 is 0 Å². The molecule has 33 heavy (non-hydrogen) atoms. The van der Waals surface area contributed by atoms with Gasteiger partial charge in [0.2, 0.25) is 5.95 Å². The van der Waals surface area contributed by atoms with E-state index in [9.17, 15) is 13.2 Å². The van der Waals surface area contributed by atoms with Crippen molar-refractivity contribution in [1.29, 1.82) is 0 Å². The maximum Gasteiger partial charge on any atom is 0.260 e. The number of likely N-dealkylation sites (tertiary alicyclic amines) is 1. The predicted molar refractivity (Wildman–Crippen MR) is 114 cm³/mol. The molecule has 0 aliphatic carbocycles. The van der Waals surface area contributed by atoms with E-state index in [1.807, 2.05) is 4.90 Å². The number of piperidine rings is 1.